The molecular formula is C10H10ClFO4S. The smallest absolute Gasteiger partial charge is 0.183 e. The van der Waals surface area contributed by atoms with Crippen LogP contribution in [0.5, 0.6) is 5.75 Å². The molecule has 0 bridgehead atoms. The van der Waals surface area contributed by atoms with Crippen molar-refractivity contribution in [3.8, 4) is 5.75 Å². The maximum absolute atomic E-state index is 13.5. The lowest BCUT2D eigenvalue weighted by Crippen LogP contribution is -2.30. The molecule has 1 aromatic rings. The average Bonchev–Trinajstić information content (AvgIpc) is 2.47. The second-order valence-electron chi connectivity index (χ2n) is 3.85. The highest BCUT2D eigenvalue weighted by Crippen LogP contribution is 2.27. The first kappa shape index (κ1) is 12.6. The fraction of sp³-hybridized carbons (Fsp3) is 0.400. The highest BCUT2D eigenvalue weighted by Gasteiger charge is 2.38. The third-order valence-corrected chi connectivity index (χ3v) is 4.44. The molecule has 1 fully saturated rings. The van der Waals surface area contributed by atoms with Gasteiger partial charge in [-0.1, -0.05) is 17.7 Å². The molecule has 1 heterocycles. The van der Waals surface area contributed by atoms with Crippen LogP contribution in [0.2, 0.25) is 5.02 Å². The summed E-state index contributed by atoms with van der Waals surface area (Å²) in [6.45, 7) is 0. The van der Waals surface area contributed by atoms with Crippen molar-refractivity contribution < 1.29 is 22.7 Å². The van der Waals surface area contributed by atoms with E-state index in [9.17, 15) is 17.9 Å². The molecule has 0 saturated carbocycles. The third-order valence-electron chi connectivity index (χ3n) is 2.47. The Morgan fingerprint density at radius 1 is 1.41 bits per heavy atom. The van der Waals surface area contributed by atoms with Gasteiger partial charge < -0.3 is 9.84 Å². The lowest BCUT2D eigenvalue weighted by molar-refractivity contribution is 0.0711. The second-order valence-corrected chi connectivity index (χ2v) is 6.41. The SMILES string of the molecule is O=S1(=O)CC(O)C(Oc2cccc(Cl)c2F)C1. The van der Waals surface area contributed by atoms with E-state index in [1.54, 1.807) is 0 Å². The molecule has 2 unspecified atom stereocenters. The van der Waals surface area contributed by atoms with Gasteiger partial charge >= 0.3 is 0 Å². The average molecular weight is 281 g/mol. The van der Waals surface area contributed by atoms with E-state index in [4.69, 9.17) is 16.3 Å². The van der Waals surface area contributed by atoms with Crippen LogP contribution in [0.3, 0.4) is 0 Å². The minimum Gasteiger partial charge on any atom is -0.483 e. The fourth-order valence-electron chi connectivity index (χ4n) is 1.65. The van der Waals surface area contributed by atoms with Crippen LogP contribution in [0.4, 0.5) is 4.39 Å². The van der Waals surface area contributed by atoms with Gasteiger partial charge in [-0.15, -0.1) is 0 Å². The van der Waals surface area contributed by atoms with E-state index in [0.29, 0.717) is 0 Å². The summed E-state index contributed by atoms with van der Waals surface area (Å²) in [5.74, 6) is -1.59. The molecule has 2 rings (SSSR count). The summed E-state index contributed by atoms with van der Waals surface area (Å²) in [5.41, 5.74) is 0. The van der Waals surface area contributed by atoms with E-state index in [1.807, 2.05) is 0 Å². The molecule has 0 radical (unpaired) electrons. The first-order chi connectivity index (χ1) is 7.89. The van der Waals surface area contributed by atoms with Crippen molar-refractivity contribution in [2.75, 3.05) is 11.5 Å². The summed E-state index contributed by atoms with van der Waals surface area (Å²) in [6.07, 6.45) is -2.09. The normalized spacial score (nSPS) is 27.0. The Labute approximate surface area is 103 Å². The number of sulfone groups is 1. The minimum atomic E-state index is -3.32. The maximum atomic E-state index is 13.5. The lowest BCUT2D eigenvalue weighted by Gasteiger charge is -2.16. The van der Waals surface area contributed by atoms with Crippen LogP contribution in [0.1, 0.15) is 0 Å². The van der Waals surface area contributed by atoms with Crippen LogP contribution in [-0.2, 0) is 9.84 Å². The molecule has 0 amide bonds. The topological polar surface area (TPSA) is 63.6 Å². The van der Waals surface area contributed by atoms with Gasteiger partial charge in [-0.2, -0.15) is 0 Å². The Hall–Kier alpha value is -0.850. The Kier molecular flexibility index (Phi) is 3.29. The van der Waals surface area contributed by atoms with E-state index in [2.05, 4.69) is 0 Å². The van der Waals surface area contributed by atoms with E-state index < -0.39 is 27.9 Å². The first-order valence-corrected chi connectivity index (χ1v) is 7.08. The molecule has 4 nitrogen and oxygen atoms in total. The number of hydrogen-bond donors (Lipinski definition) is 1. The van der Waals surface area contributed by atoms with Gasteiger partial charge in [0.15, 0.2) is 21.4 Å². The molecule has 0 spiro atoms. The van der Waals surface area contributed by atoms with Crippen molar-refractivity contribution in [3.05, 3.63) is 29.0 Å². The molecule has 94 valence electrons. The summed E-state index contributed by atoms with van der Waals surface area (Å²) in [5, 5.41) is 9.37. The Balaban J connectivity index is 2.20. The molecule has 2 atom stereocenters. The van der Waals surface area contributed by atoms with Gasteiger partial charge in [-0.25, -0.2) is 12.8 Å². The largest absolute Gasteiger partial charge is 0.483 e. The summed E-state index contributed by atoms with van der Waals surface area (Å²) >= 11 is 5.56. The van der Waals surface area contributed by atoms with Crippen molar-refractivity contribution in [1.82, 2.24) is 0 Å². The fourth-order valence-corrected chi connectivity index (χ4v) is 3.48. The molecule has 1 aromatic carbocycles. The maximum Gasteiger partial charge on any atom is 0.183 e. The number of aliphatic hydroxyl groups excluding tert-OH is 1. The summed E-state index contributed by atoms with van der Waals surface area (Å²) in [4.78, 5) is 0. The van der Waals surface area contributed by atoms with Crippen LogP contribution < -0.4 is 4.74 Å². The van der Waals surface area contributed by atoms with Crippen molar-refractivity contribution >= 4 is 21.4 Å². The molecular weight excluding hydrogens is 271 g/mol. The minimum absolute atomic E-state index is 0.113. The molecule has 1 saturated heterocycles. The Morgan fingerprint density at radius 2 is 2.12 bits per heavy atom. The number of benzene rings is 1. The van der Waals surface area contributed by atoms with Crippen LogP contribution >= 0.6 is 11.6 Å². The highest BCUT2D eigenvalue weighted by molar-refractivity contribution is 7.91. The lowest BCUT2D eigenvalue weighted by atomic mass is 10.2. The summed E-state index contributed by atoms with van der Waals surface area (Å²) in [7, 11) is -3.32. The number of rotatable bonds is 2. The number of hydrogen-bond acceptors (Lipinski definition) is 4. The zero-order valence-corrected chi connectivity index (χ0v) is 10.2. The van der Waals surface area contributed by atoms with E-state index in [0.717, 1.165) is 0 Å². The quantitative estimate of drug-likeness (QED) is 0.878. The molecule has 7 heteroatoms. The van der Waals surface area contributed by atoms with E-state index >= 15 is 0 Å². The highest BCUT2D eigenvalue weighted by atomic mass is 35.5. The molecule has 17 heavy (non-hydrogen) atoms. The van der Waals surface area contributed by atoms with Gasteiger partial charge in [0.2, 0.25) is 0 Å². The van der Waals surface area contributed by atoms with Gasteiger partial charge in [0, 0.05) is 0 Å². The van der Waals surface area contributed by atoms with Gasteiger partial charge in [0.1, 0.15) is 12.2 Å². The zero-order valence-electron chi connectivity index (χ0n) is 8.64. The number of halogens is 2. The van der Waals surface area contributed by atoms with Gasteiger partial charge in [-0.05, 0) is 12.1 Å². The second kappa shape index (κ2) is 4.44. The molecule has 1 aliphatic rings. The van der Waals surface area contributed by atoms with E-state index in [1.165, 1.54) is 18.2 Å². The molecule has 1 aliphatic heterocycles. The van der Waals surface area contributed by atoms with Gasteiger partial charge in [0.05, 0.1) is 16.5 Å². The Bertz CT molecular complexity index is 531. The predicted octanol–water partition coefficient (Wildman–Crippen LogP) is 1.02. The summed E-state index contributed by atoms with van der Waals surface area (Å²) < 4.78 is 41.1. The molecule has 0 aromatic heterocycles. The van der Waals surface area contributed by atoms with Crippen molar-refractivity contribution in [2.24, 2.45) is 0 Å². The third kappa shape index (κ3) is 2.70. The van der Waals surface area contributed by atoms with Crippen LogP contribution in [-0.4, -0.2) is 37.2 Å². The Morgan fingerprint density at radius 3 is 2.71 bits per heavy atom. The van der Waals surface area contributed by atoms with Crippen molar-refractivity contribution in [3.63, 3.8) is 0 Å². The first-order valence-electron chi connectivity index (χ1n) is 4.88. The zero-order chi connectivity index (χ0) is 12.6. The van der Waals surface area contributed by atoms with Crippen molar-refractivity contribution in [1.29, 1.82) is 0 Å². The van der Waals surface area contributed by atoms with Crippen LogP contribution in [0, 0.1) is 5.82 Å². The van der Waals surface area contributed by atoms with Gasteiger partial charge in [-0.3, -0.25) is 0 Å². The standard InChI is InChI=1S/C10H10ClFO4S/c11-6-2-1-3-8(10(6)12)16-9-5-17(14,15)4-7(9)13/h1-3,7,9,13H,4-5H2. The van der Waals surface area contributed by atoms with Crippen molar-refractivity contribution in [2.45, 2.75) is 12.2 Å². The van der Waals surface area contributed by atoms with Crippen LogP contribution in [0.25, 0.3) is 0 Å². The predicted molar refractivity (Wildman–Crippen MR) is 60.5 cm³/mol. The van der Waals surface area contributed by atoms with E-state index in [-0.39, 0.29) is 22.3 Å². The summed E-state index contributed by atoms with van der Waals surface area (Å²) in [6, 6.07) is 4.17. The monoisotopic (exact) mass is 280 g/mol. The number of aliphatic hydroxyl groups is 1. The molecule has 0 aliphatic carbocycles. The molecule has 1 N–H and O–H groups in total. The van der Waals surface area contributed by atoms with Gasteiger partial charge in [0.25, 0.3) is 0 Å². The van der Waals surface area contributed by atoms with Crippen LogP contribution in [0.15, 0.2) is 18.2 Å². The number of ether oxygens (including phenoxy) is 1.